The third kappa shape index (κ3) is 5.63. The second kappa shape index (κ2) is 10.4. The molecule has 6 nitrogen and oxygen atoms in total. The maximum absolute atomic E-state index is 13.7. The Bertz CT molecular complexity index is 1070. The van der Waals surface area contributed by atoms with Crippen molar-refractivity contribution in [3.63, 3.8) is 0 Å². The molecule has 1 aliphatic heterocycles. The summed E-state index contributed by atoms with van der Waals surface area (Å²) < 4.78 is 53.5. The molecule has 0 aliphatic carbocycles. The van der Waals surface area contributed by atoms with Crippen LogP contribution >= 0.6 is 0 Å². The Morgan fingerprint density at radius 3 is 2.38 bits per heavy atom. The van der Waals surface area contributed by atoms with Crippen molar-refractivity contribution in [3.8, 4) is 0 Å². The molecule has 0 radical (unpaired) electrons. The summed E-state index contributed by atoms with van der Waals surface area (Å²) >= 11 is 0. The lowest BCUT2D eigenvalue weighted by Crippen LogP contribution is -2.44. The maximum atomic E-state index is 13.7. The van der Waals surface area contributed by atoms with E-state index in [-0.39, 0.29) is 27.8 Å². The molecule has 1 N–H and O–H groups in total. The van der Waals surface area contributed by atoms with Gasteiger partial charge in [-0.15, -0.1) is 0 Å². The van der Waals surface area contributed by atoms with Crippen LogP contribution in [0.15, 0.2) is 46.2 Å². The van der Waals surface area contributed by atoms with Gasteiger partial charge in [-0.25, -0.2) is 17.2 Å². The van der Waals surface area contributed by atoms with Gasteiger partial charge in [-0.05, 0) is 49.9 Å². The first kappa shape index (κ1) is 24.1. The Morgan fingerprint density at radius 2 is 1.72 bits per heavy atom. The molecule has 3 rings (SSSR count). The van der Waals surface area contributed by atoms with Crippen LogP contribution in [-0.2, 0) is 14.6 Å². The van der Waals surface area contributed by atoms with Gasteiger partial charge in [-0.3, -0.25) is 4.79 Å². The second-order valence-corrected chi connectivity index (χ2v) is 9.97. The highest BCUT2D eigenvalue weighted by atomic mass is 32.2. The highest BCUT2D eigenvalue weighted by Gasteiger charge is 2.25. The number of nitrogens with zero attached hydrogens (tertiary/aromatic N) is 2. The normalized spacial score (nSPS) is 15.1. The van der Waals surface area contributed by atoms with E-state index in [0.717, 1.165) is 56.8 Å². The van der Waals surface area contributed by atoms with E-state index in [1.54, 1.807) is 12.1 Å². The van der Waals surface area contributed by atoms with E-state index >= 15 is 0 Å². The topological polar surface area (TPSA) is 69.7 Å². The fourth-order valence-corrected chi connectivity index (χ4v) is 5.04. The van der Waals surface area contributed by atoms with Crippen molar-refractivity contribution < 1.29 is 22.0 Å². The number of halogens is 2. The van der Waals surface area contributed by atoms with Crippen molar-refractivity contribution in [3.05, 3.63) is 48.0 Å². The summed E-state index contributed by atoms with van der Waals surface area (Å²) in [7, 11) is -2.15. The molecule has 0 aromatic heterocycles. The van der Waals surface area contributed by atoms with E-state index in [0.29, 0.717) is 12.5 Å². The number of hydrogen-bond acceptors (Lipinski definition) is 5. The van der Waals surface area contributed by atoms with Crippen molar-refractivity contribution in [2.24, 2.45) is 0 Å². The van der Waals surface area contributed by atoms with Crippen LogP contribution < -0.4 is 10.2 Å². The molecule has 174 valence electrons. The Morgan fingerprint density at radius 1 is 1.00 bits per heavy atom. The van der Waals surface area contributed by atoms with E-state index in [1.807, 2.05) is 14.0 Å². The summed E-state index contributed by atoms with van der Waals surface area (Å²) in [6, 6.07) is 7.22. The maximum Gasteiger partial charge on any atom is 0.224 e. The number of hydrogen-bond donors (Lipinski definition) is 1. The summed E-state index contributed by atoms with van der Waals surface area (Å²) in [5.41, 5.74) is 0.943. The highest BCUT2D eigenvalue weighted by Crippen LogP contribution is 2.32. The minimum atomic E-state index is -4.18. The first-order valence-corrected chi connectivity index (χ1v) is 12.3. The van der Waals surface area contributed by atoms with Crippen LogP contribution in [-0.4, -0.2) is 52.5 Å². The molecule has 0 unspecified atom stereocenters. The van der Waals surface area contributed by atoms with Crippen LogP contribution in [0.2, 0.25) is 0 Å². The van der Waals surface area contributed by atoms with Crippen molar-refractivity contribution >= 4 is 27.1 Å². The second-order valence-electron chi connectivity index (χ2n) is 8.06. The zero-order valence-electron chi connectivity index (χ0n) is 18.4. The summed E-state index contributed by atoms with van der Waals surface area (Å²) in [4.78, 5) is 16.3. The Hall–Kier alpha value is -2.52. The molecule has 0 atom stereocenters. The van der Waals surface area contributed by atoms with Crippen LogP contribution in [0.4, 0.5) is 20.2 Å². The van der Waals surface area contributed by atoms with Gasteiger partial charge in [0.1, 0.15) is 0 Å². The van der Waals surface area contributed by atoms with Crippen molar-refractivity contribution in [2.75, 3.05) is 43.4 Å². The molecular weight excluding hydrogens is 436 g/mol. The summed E-state index contributed by atoms with van der Waals surface area (Å²) in [5.74, 6) is -2.65. The molecule has 1 fully saturated rings. The average molecular weight is 466 g/mol. The standard InChI is InChI=1S/C23H29F2N3O3S/c1-3-4-5-6-23(29)26-21-15-17(28-13-11-27(2)12-14-28)7-10-22(21)32(30,31)18-8-9-19(24)20(25)16-18/h7-10,15-16H,3-6,11-14H2,1-2H3,(H,26,29). The van der Waals surface area contributed by atoms with Gasteiger partial charge in [0.05, 0.1) is 15.5 Å². The smallest absolute Gasteiger partial charge is 0.224 e. The quantitative estimate of drug-likeness (QED) is 0.470. The molecule has 0 spiro atoms. The predicted molar refractivity (Wildman–Crippen MR) is 121 cm³/mol. The fourth-order valence-electron chi connectivity index (χ4n) is 3.63. The number of rotatable bonds is 8. The van der Waals surface area contributed by atoms with Crippen molar-refractivity contribution in [2.45, 2.75) is 42.4 Å². The summed E-state index contributed by atoms with van der Waals surface area (Å²) in [6.07, 6.45) is 2.83. The minimum absolute atomic E-state index is 0.146. The van der Waals surface area contributed by atoms with Crippen molar-refractivity contribution in [1.82, 2.24) is 4.90 Å². The lowest BCUT2D eigenvalue weighted by Gasteiger charge is -2.34. The number of nitrogens with one attached hydrogen (secondary N) is 1. The predicted octanol–water partition coefficient (Wildman–Crippen LogP) is 4.07. The Labute approximate surface area is 188 Å². The Balaban J connectivity index is 1.97. The number of carbonyl (C=O) groups is 1. The molecule has 2 aromatic rings. The minimum Gasteiger partial charge on any atom is -0.369 e. The average Bonchev–Trinajstić information content (AvgIpc) is 2.76. The molecule has 1 saturated heterocycles. The van der Waals surface area contributed by atoms with Gasteiger partial charge >= 0.3 is 0 Å². The lowest BCUT2D eigenvalue weighted by molar-refractivity contribution is -0.116. The lowest BCUT2D eigenvalue weighted by atomic mass is 10.2. The number of benzene rings is 2. The van der Waals surface area contributed by atoms with E-state index < -0.39 is 21.5 Å². The first-order chi connectivity index (χ1) is 15.2. The zero-order chi connectivity index (χ0) is 23.3. The molecule has 1 amide bonds. The fraction of sp³-hybridized carbons (Fsp3) is 0.435. The third-order valence-corrected chi connectivity index (χ3v) is 7.41. The van der Waals surface area contributed by atoms with Gasteiger partial charge in [-0.1, -0.05) is 19.8 Å². The van der Waals surface area contributed by atoms with E-state index in [9.17, 15) is 22.0 Å². The van der Waals surface area contributed by atoms with Crippen LogP contribution in [0.25, 0.3) is 0 Å². The molecular formula is C23H29F2N3O3S. The van der Waals surface area contributed by atoms with Gasteiger partial charge in [0, 0.05) is 38.3 Å². The van der Waals surface area contributed by atoms with Gasteiger partial charge in [0.25, 0.3) is 0 Å². The number of sulfone groups is 1. The molecule has 1 heterocycles. The zero-order valence-corrected chi connectivity index (χ0v) is 19.2. The SMILES string of the molecule is CCCCCC(=O)Nc1cc(N2CCN(C)CC2)ccc1S(=O)(=O)c1ccc(F)c(F)c1. The number of piperazine rings is 1. The molecule has 0 saturated carbocycles. The van der Waals surface area contributed by atoms with E-state index in [4.69, 9.17) is 0 Å². The summed E-state index contributed by atoms with van der Waals surface area (Å²) in [6.45, 7) is 5.32. The number of unbranched alkanes of at least 4 members (excludes halogenated alkanes) is 2. The van der Waals surface area contributed by atoms with Crippen LogP contribution in [0.5, 0.6) is 0 Å². The number of likely N-dealkylation sites (N-methyl/N-ethyl adjacent to an activating group) is 1. The molecule has 0 bridgehead atoms. The van der Waals surface area contributed by atoms with E-state index in [2.05, 4.69) is 15.1 Å². The summed E-state index contributed by atoms with van der Waals surface area (Å²) in [5, 5.41) is 2.74. The number of carbonyl (C=O) groups excluding carboxylic acids is 1. The first-order valence-electron chi connectivity index (χ1n) is 10.8. The van der Waals surface area contributed by atoms with Gasteiger partial charge in [0.15, 0.2) is 11.6 Å². The van der Waals surface area contributed by atoms with Gasteiger partial charge < -0.3 is 15.1 Å². The monoisotopic (exact) mass is 465 g/mol. The van der Waals surface area contributed by atoms with E-state index in [1.165, 1.54) is 6.07 Å². The van der Waals surface area contributed by atoms with Crippen LogP contribution in [0, 0.1) is 11.6 Å². The Kier molecular flexibility index (Phi) is 7.84. The van der Waals surface area contributed by atoms with Crippen LogP contribution in [0.3, 0.4) is 0 Å². The highest BCUT2D eigenvalue weighted by molar-refractivity contribution is 7.91. The number of amides is 1. The molecule has 1 aliphatic rings. The molecule has 32 heavy (non-hydrogen) atoms. The molecule has 2 aromatic carbocycles. The van der Waals surface area contributed by atoms with Gasteiger partial charge in [-0.2, -0.15) is 0 Å². The third-order valence-electron chi connectivity index (χ3n) is 5.60. The van der Waals surface area contributed by atoms with Crippen LogP contribution in [0.1, 0.15) is 32.6 Å². The largest absolute Gasteiger partial charge is 0.369 e. The van der Waals surface area contributed by atoms with Crippen molar-refractivity contribution in [1.29, 1.82) is 0 Å². The molecule has 9 heteroatoms. The van der Waals surface area contributed by atoms with Gasteiger partial charge in [0.2, 0.25) is 15.7 Å². The number of anilines is 2.